The third kappa shape index (κ3) is 8.00. The summed E-state index contributed by atoms with van der Waals surface area (Å²) in [5.74, 6) is 2.14. The van der Waals surface area contributed by atoms with Crippen LogP contribution in [-0.2, 0) is 19.3 Å². The van der Waals surface area contributed by atoms with Crippen molar-refractivity contribution in [3.8, 4) is 5.75 Å². The molecular weight excluding hydrogens is 471 g/mol. The zero-order chi connectivity index (χ0) is 26.6. The van der Waals surface area contributed by atoms with Crippen LogP contribution >= 0.6 is 0 Å². The van der Waals surface area contributed by atoms with Gasteiger partial charge in [-0.15, -0.1) is 0 Å². The van der Waals surface area contributed by atoms with Gasteiger partial charge in [-0.3, -0.25) is 0 Å². The number of benzene rings is 2. The van der Waals surface area contributed by atoms with Gasteiger partial charge in [-0.2, -0.15) is 0 Å². The molecule has 8 heteroatoms. The van der Waals surface area contributed by atoms with Gasteiger partial charge in [-0.05, 0) is 49.6 Å². The van der Waals surface area contributed by atoms with Crippen molar-refractivity contribution in [1.82, 2.24) is 9.97 Å². The van der Waals surface area contributed by atoms with Crippen molar-refractivity contribution in [2.75, 3.05) is 19.7 Å². The number of unbranched alkanes of at least 4 members (excludes halogenated alkanes) is 1. The van der Waals surface area contributed by atoms with Crippen LogP contribution in [0.25, 0.3) is 22.2 Å². The number of oxazole rings is 2. The lowest BCUT2D eigenvalue weighted by Gasteiger charge is -2.06. The van der Waals surface area contributed by atoms with Crippen molar-refractivity contribution in [1.29, 1.82) is 0 Å². The average Bonchev–Trinajstić information content (AvgIpc) is 3.54. The van der Waals surface area contributed by atoms with Crippen LogP contribution < -0.4 is 16.2 Å². The van der Waals surface area contributed by atoms with Crippen LogP contribution in [-0.4, -0.2) is 29.7 Å². The maximum Gasteiger partial charge on any atom is 0.195 e. The van der Waals surface area contributed by atoms with Gasteiger partial charge in [0.25, 0.3) is 0 Å². The van der Waals surface area contributed by atoms with Gasteiger partial charge in [0.15, 0.2) is 22.9 Å². The third-order valence-electron chi connectivity index (χ3n) is 5.89. The molecule has 2 aromatic carbocycles. The summed E-state index contributed by atoms with van der Waals surface area (Å²) < 4.78 is 29.0. The summed E-state index contributed by atoms with van der Waals surface area (Å²) in [5.41, 5.74) is 17.2. The van der Waals surface area contributed by atoms with E-state index in [0.29, 0.717) is 35.7 Å². The first-order valence-corrected chi connectivity index (χ1v) is 12.8. The monoisotopic (exact) mass is 508 g/mol. The molecule has 0 saturated carbocycles. The summed E-state index contributed by atoms with van der Waals surface area (Å²) in [6, 6.07) is 11.6. The van der Waals surface area contributed by atoms with E-state index in [0.717, 1.165) is 54.6 Å². The normalized spacial score (nSPS) is 12.2. The highest BCUT2D eigenvalue weighted by Crippen LogP contribution is 2.22. The van der Waals surface area contributed by atoms with Crippen LogP contribution in [0.2, 0.25) is 0 Å². The van der Waals surface area contributed by atoms with Gasteiger partial charge in [0.2, 0.25) is 0 Å². The molecule has 4 N–H and O–H groups in total. The number of nitrogens with zero attached hydrogens (tertiary/aromatic N) is 2. The highest BCUT2D eigenvalue weighted by Gasteiger charge is 2.08. The van der Waals surface area contributed by atoms with Crippen molar-refractivity contribution >= 4 is 22.2 Å². The molecule has 198 valence electrons. The Morgan fingerprint density at radius 2 is 1.62 bits per heavy atom. The van der Waals surface area contributed by atoms with E-state index in [4.69, 9.17) is 25.0 Å². The van der Waals surface area contributed by atoms with Gasteiger partial charge in [-0.25, -0.2) is 14.4 Å². The van der Waals surface area contributed by atoms with Crippen molar-refractivity contribution in [2.24, 2.45) is 11.5 Å². The lowest BCUT2D eigenvalue weighted by molar-refractivity contribution is 0.347. The molecule has 0 aliphatic carbocycles. The molecule has 0 aliphatic heterocycles. The van der Waals surface area contributed by atoms with E-state index < -0.39 is 0 Å². The standard InChI is InChI=1S/C16H22N2O.C13H15FN2O2/c1-3-5-6-16-18-14-8-7-13(10-15(14)19-16)9-12(4-2)11-17;1-2-13-16-11-4-3-10(5-12(11)18-13)17-8-9(6-14)7-15/h4,7-8,10H,3,5-6,9,11,17H2,1-2H3;3-6H,2,7-8,15H2,1H3/b12-4-;9-6-. The second-order valence-corrected chi connectivity index (χ2v) is 8.69. The van der Waals surface area contributed by atoms with E-state index in [2.05, 4.69) is 35.1 Å². The summed E-state index contributed by atoms with van der Waals surface area (Å²) >= 11 is 0. The van der Waals surface area contributed by atoms with Crippen molar-refractivity contribution in [3.63, 3.8) is 0 Å². The number of rotatable bonds is 11. The maximum atomic E-state index is 12.3. The zero-order valence-corrected chi connectivity index (χ0v) is 21.9. The van der Waals surface area contributed by atoms with E-state index in [1.165, 1.54) is 11.1 Å². The minimum Gasteiger partial charge on any atom is -0.489 e. The van der Waals surface area contributed by atoms with E-state index in [-0.39, 0.29) is 13.2 Å². The molecule has 0 saturated heterocycles. The summed E-state index contributed by atoms with van der Waals surface area (Å²) in [6.45, 7) is 7.05. The van der Waals surface area contributed by atoms with Crippen molar-refractivity contribution in [3.05, 3.63) is 77.3 Å². The number of hydrogen-bond acceptors (Lipinski definition) is 7. The predicted octanol–water partition coefficient (Wildman–Crippen LogP) is 6.20. The molecular formula is C29H37FN4O3. The Hall–Kier alpha value is -3.49. The molecule has 0 aliphatic rings. The first kappa shape index (κ1) is 28.1. The Bertz CT molecular complexity index is 1340. The van der Waals surface area contributed by atoms with Gasteiger partial charge in [-0.1, -0.05) is 38.0 Å². The minimum absolute atomic E-state index is 0.132. The lowest BCUT2D eigenvalue weighted by Crippen LogP contribution is -2.10. The third-order valence-corrected chi connectivity index (χ3v) is 5.89. The molecule has 0 bridgehead atoms. The zero-order valence-electron chi connectivity index (χ0n) is 21.9. The Morgan fingerprint density at radius 3 is 2.27 bits per heavy atom. The number of allylic oxidation sites excluding steroid dienone is 1. The molecule has 0 radical (unpaired) electrons. The SMILES string of the molecule is C/C=C(\CN)Cc1ccc2nc(CCCC)oc2c1.CCc1nc2ccc(OC/C(=C\F)CN)cc2o1. The molecule has 0 fully saturated rings. The highest BCUT2D eigenvalue weighted by atomic mass is 19.1. The topological polar surface area (TPSA) is 113 Å². The van der Waals surface area contributed by atoms with Crippen molar-refractivity contribution < 1.29 is 18.0 Å². The predicted molar refractivity (Wildman–Crippen MR) is 146 cm³/mol. The Morgan fingerprint density at radius 1 is 0.946 bits per heavy atom. The summed E-state index contributed by atoms with van der Waals surface area (Å²) in [7, 11) is 0. The van der Waals surface area contributed by atoms with Gasteiger partial charge in [0, 0.05) is 37.6 Å². The van der Waals surface area contributed by atoms with Crippen molar-refractivity contribution in [2.45, 2.75) is 52.9 Å². The fourth-order valence-corrected chi connectivity index (χ4v) is 3.62. The molecule has 0 atom stereocenters. The second-order valence-electron chi connectivity index (χ2n) is 8.69. The molecule has 4 rings (SSSR count). The minimum atomic E-state index is 0.132. The van der Waals surface area contributed by atoms with Crippen LogP contribution in [0.4, 0.5) is 4.39 Å². The van der Waals surface area contributed by atoms with Gasteiger partial charge < -0.3 is 25.0 Å². The van der Waals surface area contributed by atoms with Crippen LogP contribution in [0.1, 0.15) is 51.0 Å². The summed E-state index contributed by atoms with van der Waals surface area (Å²) in [5, 5.41) is 0. The number of aromatic nitrogens is 2. The molecule has 0 unspecified atom stereocenters. The van der Waals surface area contributed by atoms with E-state index in [1.807, 2.05) is 26.0 Å². The Labute approximate surface area is 217 Å². The number of aryl methyl sites for hydroxylation is 2. The Kier molecular flexibility index (Phi) is 10.9. The quantitative estimate of drug-likeness (QED) is 0.232. The molecule has 2 aromatic heterocycles. The number of fused-ring (bicyclic) bond motifs is 2. The molecule has 0 amide bonds. The van der Waals surface area contributed by atoms with E-state index in [1.54, 1.807) is 12.1 Å². The first-order chi connectivity index (χ1) is 18.0. The fourth-order valence-electron chi connectivity index (χ4n) is 3.62. The molecule has 0 spiro atoms. The van der Waals surface area contributed by atoms with Gasteiger partial charge in [0.05, 0.1) is 6.33 Å². The van der Waals surface area contributed by atoms with Crippen LogP contribution in [0.15, 0.2) is 68.8 Å². The van der Waals surface area contributed by atoms with Crippen LogP contribution in [0.3, 0.4) is 0 Å². The van der Waals surface area contributed by atoms with Gasteiger partial charge in [0.1, 0.15) is 23.4 Å². The average molecular weight is 509 g/mol. The molecule has 7 nitrogen and oxygen atoms in total. The number of hydrogen-bond donors (Lipinski definition) is 2. The van der Waals surface area contributed by atoms with E-state index in [9.17, 15) is 4.39 Å². The van der Waals surface area contributed by atoms with Crippen LogP contribution in [0, 0.1) is 0 Å². The van der Waals surface area contributed by atoms with E-state index >= 15 is 0 Å². The first-order valence-electron chi connectivity index (χ1n) is 12.8. The number of halogens is 1. The molecule has 2 heterocycles. The fraction of sp³-hybridized carbons (Fsp3) is 0.379. The van der Waals surface area contributed by atoms with Gasteiger partial charge >= 0.3 is 0 Å². The second kappa shape index (κ2) is 14.3. The van der Waals surface area contributed by atoms with Crippen LogP contribution in [0.5, 0.6) is 5.75 Å². The molecule has 37 heavy (non-hydrogen) atoms. The maximum absolute atomic E-state index is 12.3. The highest BCUT2D eigenvalue weighted by molar-refractivity contribution is 5.74. The Balaban J connectivity index is 0.000000206. The number of nitrogens with two attached hydrogens (primary N) is 2. The smallest absolute Gasteiger partial charge is 0.195 e. The number of ether oxygens (including phenoxy) is 1. The lowest BCUT2D eigenvalue weighted by atomic mass is 10.0. The summed E-state index contributed by atoms with van der Waals surface area (Å²) in [4.78, 5) is 8.79. The molecule has 4 aromatic rings. The largest absolute Gasteiger partial charge is 0.489 e. The summed E-state index contributed by atoms with van der Waals surface area (Å²) in [6.07, 6.45) is 7.38.